The highest BCUT2D eigenvalue weighted by molar-refractivity contribution is 6.09. The van der Waals surface area contributed by atoms with Crippen molar-refractivity contribution >= 4 is 17.8 Å². The molecule has 2 N–H and O–H groups in total. The second-order valence-corrected chi connectivity index (χ2v) is 8.53. The maximum atomic E-state index is 12.7. The molecule has 26 heavy (non-hydrogen) atoms. The van der Waals surface area contributed by atoms with E-state index in [0.717, 1.165) is 36.5 Å². The number of rotatable bonds is 9. The molecule has 1 aliphatic carbocycles. The van der Waals surface area contributed by atoms with Gasteiger partial charge in [-0.3, -0.25) is 14.5 Å². The number of nitrogens with one attached hydrogen (secondary N) is 2. The lowest BCUT2D eigenvalue weighted by Gasteiger charge is -2.33. The molecule has 1 saturated carbocycles. The summed E-state index contributed by atoms with van der Waals surface area (Å²) in [5.41, 5.74) is -0.764. The second-order valence-electron chi connectivity index (χ2n) is 8.53. The van der Waals surface area contributed by atoms with E-state index in [2.05, 4.69) is 31.4 Å². The van der Waals surface area contributed by atoms with Crippen LogP contribution in [0.5, 0.6) is 0 Å². The van der Waals surface area contributed by atoms with Crippen molar-refractivity contribution in [3.8, 4) is 0 Å². The molecule has 0 radical (unpaired) electrons. The molecule has 4 amide bonds. The molecule has 2 rings (SSSR count). The molecular formula is C20H35N3O3. The summed E-state index contributed by atoms with van der Waals surface area (Å²) in [5.74, 6) is 0.855. The maximum Gasteiger partial charge on any atom is 0.325 e. The van der Waals surface area contributed by atoms with Gasteiger partial charge in [0.1, 0.15) is 12.1 Å². The Balaban J connectivity index is 1.68. The van der Waals surface area contributed by atoms with Crippen molar-refractivity contribution in [2.24, 2.45) is 11.8 Å². The van der Waals surface area contributed by atoms with Crippen LogP contribution in [-0.2, 0) is 9.59 Å². The Morgan fingerprint density at radius 2 is 1.85 bits per heavy atom. The molecule has 1 heterocycles. The Morgan fingerprint density at radius 1 is 1.19 bits per heavy atom. The molecule has 2 fully saturated rings. The lowest BCUT2D eigenvalue weighted by molar-refractivity contribution is -0.136. The predicted octanol–water partition coefficient (Wildman–Crippen LogP) is 3.21. The smallest absolute Gasteiger partial charge is 0.325 e. The largest absolute Gasteiger partial charge is 0.355 e. The van der Waals surface area contributed by atoms with Gasteiger partial charge in [-0.05, 0) is 43.9 Å². The van der Waals surface area contributed by atoms with Gasteiger partial charge in [0.05, 0.1) is 0 Å². The third kappa shape index (κ3) is 5.45. The Kier molecular flexibility index (Phi) is 7.47. The normalized spacial score (nSPS) is 25.8. The monoisotopic (exact) mass is 365 g/mol. The SMILES string of the molecule is CC(C)CCCCCCNC(=O)CN1C(=O)NC2(CCC(C)CC2)C1=O. The van der Waals surface area contributed by atoms with Crippen LogP contribution in [0.2, 0.25) is 0 Å². The van der Waals surface area contributed by atoms with Crippen LogP contribution in [0, 0.1) is 11.8 Å². The summed E-state index contributed by atoms with van der Waals surface area (Å²) < 4.78 is 0. The number of hydrogen-bond donors (Lipinski definition) is 2. The minimum Gasteiger partial charge on any atom is -0.355 e. The number of carbonyl (C=O) groups is 3. The highest BCUT2D eigenvalue weighted by Gasteiger charge is 2.52. The first-order valence-electron chi connectivity index (χ1n) is 10.2. The zero-order chi connectivity index (χ0) is 19.2. The van der Waals surface area contributed by atoms with Crippen molar-refractivity contribution in [3.63, 3.8) is 0 Å². The molecule has 1 spiro atoms. The van der Waals surface area contributed by atoms with Crippen molar-refractivity contribution in [2.75, 3.05) is 13.1 Å². The van der Waals surface area contributed by atoms with Crippen LogP contribution in [0.3, 0.4) is 0 Å². The molecule has 1 aliphatic heterocycles. The summed E-state index contributed by atoms with van der Waals surface area (Å²) in [6.07, 6.45) is 8.91. The first-order chi connectivity index (χ1) is 12.3. The van der Waals surface area contributed by atoms with E-state index >= 15 is 0 Å². The van der Waals surface area contributed by atoms with Crippen molar-refractivity contribution in [3.05, 3.63) is 0 Å². The first kappa shape index (κ1) is 20.7. The Hall–Kier alpha value is -1.59. The molecule has 0 unspecified atom stereocenters. The van der Waals surface area contributed by atoms with Gasteiger partial charge in [0.25, 0.3) is 5.91 Å². The van der Waals surface area contributed by atoms with E-state index in [4.69, 9.17) is 0 Å². The maximum absolute atomic E-state index is 12.7. The fourth-order valence-corrected chi connectivity index (χ4v) is 3.87. The highest BCUT2D eigenvalue weighted by atomic mass is 16.2. The average Bonchev–Trinajstić information content (AvgIpc) is 2.81. The summed E-state index contributed by atoms with van der Waals surface area (Å²) in [7, 11) is 0. The molecular weight excluding hydrogens is 330 g/mol. The summed E-state index contributed by atoms with van der Waals surface area (Å²) in [5, 5.41) is 5.69. The number of nitrogens with zero attached hydrogens (tertiary/aromatic N) is 1. The van der Waals surface area contributed by atoms with Gasteiger partial charge in [-0.15, -0.1) is 0 Å². The standard InChI is InChI=1S/C20H35N3O3/c1-15(2)8-6-4-5-7-13-21-17(24)14-23-18(25)20(22-19(23)26)11-9-16(3)10-12-20/h15-16H,4-14H2,1-3H3,(H,21,24)(H,22,26). The molecule has 2 aliphatic rings. The summed E-state index contributed by atoms with van der Waals surface area (Å²) in [4.78, 5) is 38.1. The van der Waals surface area contributed by atoms with E-state index in [1.165, 1.54) is 19.3 Å². The fourth-order valence-electron chi connectivity index (χ4n) is 3.87. The van der Waals surface area contributed by atoms with E-state index < -0.39 is 11.6 Å². The van der Waals surface area contributed by atoms with Crippen molar-refractivity contribution < 1.29 is 14.4 Å². The van der Waals surface area contributed by atoms with Gasteiger partial charge in [-0.1, -0.05) is 46.5 Å². The lowest BCUT2D eigenvalue weighted by Crippen LogP contribution is -2.49. The third-order valence-corrected chi connectivity index (χ3v) is 5.71. The van der Waals surface area contributed by atoms with Crippen LogP contribution < -0.4 is 10.6 Å². The van der Waals surface area contributed by atoms with Crippen molar-refractivity contribution in [2.45, 2.75) is 84.1 Å². The number of carbonyl (C=O) groups excluding carboxylic acids is 3. The fraction of sp³-hybridized carbons (Fsp3) is 0.850. The number of imide groups is 1. The molecule has 0 atom stereocenters. The van der Waals surface area contributed by atoms with E-state index in [-0.39, 0.29) is 18.4 Å². The van der Waals surface area contributed by atoms with Crippen molar-refractivity contribution in [1.29, 1.82) is 0 Å². The van der Waals surface area contributed by atoms with E-state index in [9.17, 15) is 14.4 Å². The van der Waals surface area contributed by atoms with Crippen LogP contribution in [0.4, 0.5) is 4.79 Å². The van der Waals surface area contributed by atoms with Gasteiger partial charge < -0.3 is 10.6 Å². The van der Waals surface area contributed by atoms with Crippen LogP contribution in [0.25, 0.3) is 0 Å². The number of hydrogen-bond acceptors (Lipinski definition) is 3. The molecule has 0 aromatic rings. The van der Waals surface area contributed by atoms with E-state index in [0.29, 0.717) is 25.3 Å². The van der Waals surface area contributed by atoms with Crippen LogP contribution >= 0.6 is 0 Å². The Morgan fingerprint density at radius 3 is 2.50 bits per heavy atom. The van der Waals surface area contributed by atoms with Gasteiger partial charge >= 0.3 is 6.03 Å². The summed E-state index contributed by atoms with van der Waals surface area (Å²) >= 11 is 0. The zero-order valence-corrected chi connectivity index (χ0v) is 16.6. The van der Waals surface area contributed by atoms with Gasteiger partial charge in [0, 0.05) is 6.54 Å². The quantitative estimate of drug-likeness (QED) is 0.486. The van der Waals surface area contributed by atoms with Crippen molar-refractivity contribution in [1.82, 2.24) is 15.5 Å². The number of amides is 4. The second kappa shape index (κ2) is 9.38. The number of urea groups is 1. The lowest BCUT2D eigenvalue weighted by atomic mass is 9.77. The minimum atomic E-state index is -0.764. The number of unbranched alkanes of at least 4 members (excludes halogenated alkanes) is 3. The summed E-state index contributed by atoms with van der Waals surface area (Å²) in [6.45, 7) is 7.06. The molecule has 6 nitrogen and oxygen atoms in total. The average molecular weight is 366 g/mol. The summed E-state index contributed by atoms with van der Waals surface area (Å²) in [6, 6.07) is -0.423. The molecule has 0 bridgehead atoms. The Labute approximate surface area is 157 Å². The molecule has 148 valence electrons. The predicted molar refractivity (Wildman–Crippen MR) is 102 cm³/mol. The first-order valence-corrected chi connectivity index (χ1v) is 10.2. The van der Waals surface area contributed by atoms with Crippen LogP contribution in [0.15, 0.2) is 0 Å². The van der Waals surface area contributed by atoms with Crippen LogP contribution in [-0.4, -0.2) is 41.4 Å². The minimum absolute atomic E-state index is 0.171. The van der Waals surface area contributed by atoms with E-state index in [1.54, 1.807) is 0 Å². The van der Waals surface area contributed by atoms with E-state index in [1.807, 2.05) is 0 Å². The molecule has 6 heteroatoms. The third-order valence-electron chi connectivity index (χ3n) is 5.71. The molecule has 1 saturated heterocycles. The van der Waals surface area contributed by atoms with Gasteiger partial charge in [-0.25, -0.2) is 4.79 Å². The van der Waals surface area contributed by atoms with Gasteiger partial charge in [0.2, 0.25) is 5.91 Å². The van der Waals surface area contributed by atoms with Crippen LogP contribution in [0.1, 0.15) is 78.6 Å². The molecule has 0 aromatic carbocycles. The Bertz CT molecular complexity index is 510. The topological polar surface area (TPSA) is 78.5 Å². The zero-order valence-electron chi connectivity index (χ0n) is 16.6. The van der Waals surface area contributed by atoms with Gasteiger partial charge in [-0.2, -0.15) is 0 Å². The van der Waals surface area contributed by atoms with Gasteiger partial charge in [0.15, 0.2) is 0 Å². The molecule has 0 aromatic heterocycles. The highest BCUT2D eigenvalue weighted by Crippen LogP contribution is 2.36.